The number of aliphatic hydroxyl groups excluding tert-OH is 1. The fraction of sp³-hybridized carbons (Fsp3) is 0.235. The molecule has 0 aliphatic carbocycles. The van der Waals surface area contributed by atoms with Crippen molar-refractivity contribution in [2.45, 2.75) is 30.6 Å². The molecule has 0 heterocycles. The minimum atomic E-state index is -1.04. The van der Waals surface area contributed by atoms with Gasteiger partial charge in [0, 0.05) is 6.07 Å². The average molecular weight is 377 g/mol. The van der Waals surface area contributed by atoms with Crippen molar-refractivity contribution in [3.63, 3.8) is 0 Å². The zero-order valence-electron chi connectivity index (χ0n) is 14.0. The van der Waals surface area contributed by atoms with Gasteiger partial charge in [0.1, 0.15) is 10.9 Å². The number of nitro groups is 1. The molecule has 138 valence electrons. The zero-order chi connectivity index (χ0) is 18.9. The lowest BCUT2D eigenvalue weighted by atomic mass is 10.2. The molecular formula is C17H19N3O5S. The van der Waals surface area contributed by atoms with Gasteiger partial charge in [-0.25, -0.2) is 10.2 Å². The summed E-state index contributed by atoms with van der Waals surface area (Å²) in [6, 6.07) is 14.4. The maximum absolute atomic E-state index is 12.2. The minimum absolute atomic E-state index is 0.0879. The Morgan fingerprint density at radius 2 is 1.88 bits per heavy atom. The summed E-state index contributed by atoms with van der Waals surface area (Å²) in [6.45, 7) is 1.62. The summed E-state index contributed by atoms with van der Waals surface area (Å²) >= 11 is 0.902. The third-order valence-corrected chi connectivity index (χ3v) is 4.31. The van der Waals surface area contributed by atoms with Crippen molar-refractivity contribution in [1.29, 1.82) is 0 Å². The Morgan fingerprint density at radius 3 is 2.54 bits per heavy atom. The molecule has 26 heavy (non-hydrogen) atoms. The number of nitro benzene ring substituents is 1. The van der Waals surface area contributed by atoms with E-state index in [1.807, 2.05) is 30.3 Å². The first kappa shape index (κ1) is 19.9. The van der Waals surface area contributed by atoms with Crippen molar-refractivity contribution in [3.8, 4) is 0 Å². The molecular weight excluding hydrogens is 358 g/mol. The van der Waals surface area contributed by atoms with E-state index in [2.05, 4.69) is 10.2 Å². The third kappa shape index (κ3) is 5.81. The van der Waals surface area contributed by atoms with E-state index in [-0.39, 0.29) is 12.3 Å². The van der Waals surface area contributed by atoms with Gasteiger partial charge >= 0.3 is 0 Å². The molecule has 2 aromatic carbocycles. The zero-order valence-corrected chi connectivity index (χ0v) is 14.8. The second-order valence-corrected chi connectivity index (χ2v) is 6.28. The van der Waals surface area contributed by atoms with Gasteiger partial charge in [0.15, 0.2) is 0 Å². The largest absolute Gasteiger partial charge is 0.391 e. The quantitative estimate of drug-likeness (QED) is 0.349. The van der Waals surface area contributed by atoms with Crippen LogP contribution in [-0.2, 0) is 16.2 Å². The molecule has 0 saturated carbocycles. The Balaban J connectivity index is 1.91. The lowest BCUT2D eigenvalue weighted by molar-refractivity contribution is -0.387. The number of hydrogen-bond donors (Lipinski definition) is 3. The van der Waals surface area contributed by atoms with Crippen LogP contribution >= 0.6 is 11.9 Å². The molecule has 0 aromatic heterocycles. The van der Waals surface area contributed by atoms with Crippen molar-refractivity contribution in [2.24, 2.45) is 0 Å². The monoisotopic (exact) mass is 377 g/mol. The normalized spacial score (nSPS) is 13.0. The molecule has 1 amide bonds. The number of para-hydroxylation sites is 1. The van der Waals surface area contributed by atoms with Crippen LogP contribution in [0.25, 0.3) is 0 Å². The molecule has 0 fully saturated rings. The molecule has 2 rings (SSSR count). The van der Waals surface area contributed by atoms with Gasteiger partial charge in [-0.2, -0.15) is 0 Å². The molecule has 0 aliphatic rings. The highest BCUT2D eigenvalue weighted by Crippen LogP contribution is 2.27. The number of benzene rings is 2. The number of carbonyl (C=O) groups is 1. The molecule has 0 saturated heterocycles. The fourth-order valence-corrected chi connectivity index (χ4v) is 2.97. The van der Waals surface area contributed by atoms with Gasteiger partial charge in [-0.3, -0.25) is 19.7 Å². The number of carbonyl (C=O) groups excluding carboxylic acids is 1. The van der Waals surface area contributed by atoms with Crippen molar-refractivity contribution in [1.82, 2.24) is 10.2 Å². The molecule has 1 unspecified atom stereocenters. The van der Waals surface area contributed by atoms with Crippen LogP contribution in [0.2, 0.25) is 0 Å². The van der Waals surface area contributed by atoms with Crippen LogP contribution in [0.1, 0.15) is 12.5 Å². The summed E-state index contributed by atoms with van der Waals surface area (Å²) < 4.78 is 2.75. The van der Waals surface area contributed by atoms with Crippen LogP contribution in [-0.4, -0.2) is 28.1 Å². The highest BCUT2D eigenvalue weighted by molar-refractivity contribution is 7.97. The number of nitrogens with one attached hydrogen (secondary N) is 2. The smallest absolute Gasteiger partial charge is 0.284 e. The van der Waals surface area contributed by atoms with Crippen molar-refractivity contribution in [2.75, 3.05) is 0 Å². The predicted molar refractivity (Wildman–Crippen MR) is 96.9 cm³/mol. The van der Waals surface area contributed by atoms with Gasteiger partial charge in [0.2, 0.25) is 0 Å². The van der Waals surface area contributed by atoms with Gasteiger partial charge in [-0.05, 0) is 30.5 Å². The van der Waals surface area contributed by atoms with Crippen LogP contribution in [0.3, 0.4) is 0 Å². The highest BCUT2D eigenvalue weighted by atomic mass is 32.2. The van der Waals surface area contributed by atoms with Gasteiger partial charge in [0.05, 0.1) is 17.6 Å². The number of hydrogen-bond acceptors (Lipinski definition) is 7. The number of aliphatic hydroxyl groups is 1. The van der Waals surface area contributed by atoms with Crippen LogP contribution in [0, 0.1) is 10.1 Å². The number of rotatable bonds is 9. The molecule has 8 nitrogen and oxygen atoms in total. The standard InChI is InChI=1S/C17H19N3O5S/c1-12(21)16(17(22)18-25-11-13-7-3-2-4-8-13)19-26-15-10-6-5-9-14(15)20(23)24/h2-10,12,16,19,21H,11H2,1H3,(H,18,22)/t12?,16-/m0/s1. The SMILES string of the molecule is CC(O)[C@H](NSc1ccccc1[N+](=O)[O-])C(=O)NOCc1ccccc1. The van der Waals surface area contributed by atoms with E-state index in [0.717, 1.165) is 17.5 Å². The second kappa shape index (κ2) is 9.88. The predicted octanol–water partition coefficient (Wildman–Crippen LogP) is 2.19. The van der Waals surface area contributed by atoms with E-state index in [1.54, 1.807) is 18.2 Å². The minimum Gasteiger partial charge on any atom is -0.391 e. The molecule has 0 radical (unpaired) electrons. The summed E-state index contributed by atoms with van der Waals surface area (Å²) in [5.74, 6) is -0.581. The van der Waals surface area contributed by atoms with Gasteiger partial charge < -0.3 is 5.11 Å². The topological polar surface area (TPSA) is 114 Å². The van der Waals surface area contributed by atoms with E-state index in [1.165, 1.54) is 13.0 Å². The maximum Gasteiger partial charge on any atom is 0.284 e. The van der Waals surface area contributed by atoms with Gasteiger partial charge in [-0.1, -0.05) is 42.5 Å². The van der Waals surface area contributed by atoms with E-state index < -0.39 is 23.0 Å². The molecule has 0 bridgehead atoms. The van der Waals surface area contributed by atoms with Crippen molar-refractivity contribution < 1.29 is 19.7 Å². The summed E-state index contributed by atoms with van der Waals surface area (Å²) in [6.07, 6.45) is -1.04. The molecule has 0 spiro atoms. The van der Waals surface area contributed by atoms with Crippen molar-refractivity contribution in [3.05, 3.63) is 70.3 Å². The Kier molecular flexibility index (Phi) is 7.54. The number of amides is 1. The van der Waals surface area contributed by atoms with Crippen molar-refractivity contribution >= 4 is 23.5 Å². The first-order chi connectivity index (χ1) is 12.5. The van der Waals surface area contributed by atoms with Crippen LogP contribution < -0.4 is 10.2 Å². The molecule has 2 aromatic rings. The summed E-state index contributed by atoms with van der Waals surface area (Å²) in [7, 11) is 0. The lowest BCUT2D eigenvalue weighted by Crippen LogP contribution is -2.47. The second-order valence-electron chi connectivity index (χ2n) is 5.40. The Labute approximate surface area is 154 Å². The van der Waals surface area contributed by atoms with Gasteiger partial charge in [0.25, 0.3) is 11.6 Å². The first-order valence-electron chi connectivity index (χ1n) is 7.78. The Hall–Kier alpha value is -2.46. The maximum atomic E-state index is 12.2. The van der Waals surface area contributed by atoms with E-state index in [9.17, 15) is 20.0 Å². The van der Waals surface area contributed by atoms with Crippen LogP contribution in [0.15, 0.2) is 59.5 Å². The van der Waals surface area contributed by atoms with Crippen LogP contribution in [0.4, 0.5) is 5.69 Å². The first-order valence-corrected chi connectivity index (χ1v) is 8.60. The number of nitrogens with zero attached hydrogens (tertiary/aromatic N) is 1. The van der Waals surface area contributed by atoms with E-state index in [4.69, 9.17) is 4.84 Å². The average Bonchev–Trinajstić information content (AvgIpc) is 2.62. The molecule has 2 atom stereocenters. The molecule has 9 heteroatoms. The summed E-state index contributed by atoms with van der Waals surface area (Å²) in [5, 5.41) is 20.9. The summed E-state index contributed by atoms with van der Waals surface area (Å²) in [5.41, 5.74) is 3.07. The highest BCUT2D eigenvalue weighted by Gasteiger charge is 2.25. The number of hydroxylamine groups is 1. The van der Waals surface area contributed by atoms with E-state index >= 15 is 0 Å². The van der Waals surface area contributed by atoms with Gasteiger partial charge in [-0.15, -0.1) is 0 Å². The summed E-state index contributed by atoms with van der Waals surface area (Å²) in [4.78, 5) is 28.2. The molecule has 3 N–H and O–H groups in total. The fourth-order valence-electron chi connectivity index (χ4n) is 2.02. The third-order valence-electron chi connectivity index (χ3n) is 3.38. The van der Waals surface area contributed by atoms with Crippen LogP contribution in [0.5, 0.6) is 0 Å². The Bertz CT molecular complexity index is 742. The Morgan fingerprint density at radius 1 is 1.23 bits per heavy atom. The molecule has 0 aliphatic heterocycles. The lowest BCUT2D eigenvalue weighted by Gasteiger charge is -2.20. The van der Waals surface area contributed by atoms with E-state index in [0.29, 0.717) is 4.90 Å².